The molecule has 122 valence electrons. The first-order valence-corrected chi connectivity index (χ1v) is 7.23. The Labute approximate surface area is 131 Å². The molecule has 1 aliphatic heterocycles. The molecule has 0 radical (unpaired) electrons. The van der Waals surface area contributed by atoms with E-state index in [2.05, 4.69) is 14.9 Å². The van der Waals surface area contributed by atoms with Gasteiger partial charge in [0.1, 0.15) is 5.75 Å². The topological polar surface area (TPSA) is 38.2 Å². The smallest absolute Gasteiger partial charge is 0.451 e. The minimum Gasteiger partial charge on any atom is -0.497 e. The van der Waals surface area contributed by atoms with Crippen LogP contribution in [0.15, 0.2) is 30.5 Å². The van der Waals surface area contributed by atoms with Crippen molar-refractivity contribution in [3.63, 3.8) is 0 Å². The Morgan fingerprint density at radius 2 is 2.13 bits per heavy atom. The SMILES string of the molecule is COc1cccc(CN2CCc3cnc(C(F)(F)F)nc3C2)c1. The van der Waals surface area contributed by atoms with Crippen molar-refractivity contribution in [3.05, 3.63) is 53.1 Å². The largest absolute Gasteiger partial charge is 0.497 e. The third-order valence-electron chi connectivity index (χ3n) is 3.82. The second-order valence-electron chi connectivity index (χ2n) is 5.48. The van der Waals surface area contributed by atoms with E-state index in [0.717, 1.165) is 23.4 Å². The van der Waals surface area contributed by atoms with Gasteiger partial charge in [-0.15, -0.1) is 0 Å². The molecule has 1 aromatic carbocycles. The van der Waals surface area contributed by atoms with Crippen molar-refractivity contribution in [1.29, 1.82) is 0 Å². The lowest BCUT2D eigenvalue weighted by molar-refractivity contribution is -0.145. The molecule has 0 atom stereocenters. The first-order valence-electron chi connectivity index (χ1n) is 7.23. The van der Waals surface area contributed by atoms with Crippen LogP contribution in [0.4, 0.5) is 13.2 Å². The lowest BCUT2D eigenvalue weighted by atomic mass is 10.1. The first-order chi connectivity index (χ1) is 11.0. The fourth-order valence-corrected chi connectivity index (χ4v) is 2.66. The van der Waals surface area contributed by atoms with E-state index in [1.165, 1.54) is 6.20 Å². The second kappa shape index (κ2) is 6.16. The lowest BCUT2D eigenvalue weighted by Gasteiger charge is -2.28. The molecule has 1 aromatic heterocycles. The molecule has 0 N–H and O–H groups in total. The summed E-state index contributed by atoms with van der Waals surface area (Å²) in [6.45, 7) is 1.79. The van der Waals surface area contributed by atoms with Gasteiger partial charge in [-0.3, -0.25) is 4.90 Å². The Balaban J connectivity index is 1.76. The van der Waals surface area contributed by atoms with Gasteiger partial charge in [0.05, 0.1) is 12.8 Å². The van der Waals surface area contributed by atoms with Crippen molar-refractivity contribution >= 4 is 0 Å². The number of hydrogen-bond acceptors (Lipinski definition) is 4. The fraction of sp³-hybridized carbons (Fsp3) is 0.375. The molecule has 1 aliphatic rings. The van der Waals surface area contributed by atoms with Crippen molar-refractivity contribution in [2.75, 3.05) is 13.7 Å². The summed E-state index contributed by atoms with van der Waals surface area (Å²) in [4.78, 5) is 9.21. The highest BCUT2D eigenvalue weighted by molar-refractivity contribution is 5.29. The first kappa shape index (κ1) is 15.7. The summed E-state index contributed by atoms with van der Waals surface area (Å²) in [5, 5.41) is 0. The van der Waals surface area contributed by atoms with Crippen LogP contribution in [0.2, 0.25) is 0 Å². The highest BCUT2D eigenvalue weighted by Gasteiger charge is 2.35. The Morgan fingerprint density at radius 1 is 1.30 bits per heavy atom. The van der Waals surface area contributed by atoms with Gasteiger partial charge in [0.25, 0.3) is 0 Å². The van der Waals surface area contributed by atoms with Gasteiger partial charge in [0, 0.05) is 25.8 Å². The van der Waals surface area contributed by atoms with Crippen molar-refractivity contribution in [1.82, 2.24) is 14.9 Å². The Hall–Kier alpha value is -2.15. The number of rotatable bonds is 3. The Morgan fingerprint density at radius 3 is 2.87 bits per heavy atom. The minimum absolute atomic E-state index is 0.387. The van der Waals surface area contributed by atoms with Crippen LogP contribution in [0.25, 0.3) is 0 Å². The summed E-state index contributed by atoms with van der Waals surface area (Å²) < 4.78 is 43.4. The molecule has 4 nitrogen and oxygen atoms in total. The number of methoxy groups -OCH3 is 1. The zero-order valence-corrected chi connectivity index (χ0v) is 12.6. The lowest BCUT2D eigenvalue weighted by Crippen LogP contribution is -2.31. The van der Waals surface area contributed by atoms with Crippen molar-refractivity contribution in [2.45, 2.75) is 25.7 Å². The van der Waals surface area contributed by atoms with Crippen LogP contribution in [0.1, 0.15) is 22.6 Å². The van der Waals surface area contributed by atoms with Gasteiger partial charge < -0.3 is 4.74 Å². The number of hydrogen-bond donors (Lipinski definition) is 0. The van der Waals surface area contributed by atoms with E-state index in [0.29, 0.717) is 25.2 Å². The van der Waals surface area contributed by atoms with Crippen LogP contribution in [0.3, 0.4) is 0 Å². The van der Waals surface area contributed by atoms with E-state index in [4.69, 9.17) is 4.74 Å². The second-order valence-corrected chi connectivity index (χ2v) is 5.48. The molecule has 0 unspecified atom stereocenters. The molecule has 0 saturated heterocycles. The monoisotopic (exact) mass is 323 g/mol. The number of halogens is 3. The van der Waals surface area contributed by atoms with Crippen LogP contribution in [-0.4, -0.2) is 28.5 Å². The predicted octanol–water partition coefficient (Wildman–Crippen LogP) is 3.06. The van der Waals surface area contributed by atoms with E-state index in [9.17, 15) is 13.2 Å². The third-order valence-corrected chi connectivity index (χ3v) is 3.82. The van der Waals surface area contributed by atoms with Gasteiger partial charge in [0.2, 0.25) is 5.82 Å². The highest BCUT2D eigenvalue weighted by Crippen LogP contribution is 2.28. The maximum atomic E-state index is 12.7. The average molecular weight is 323 g/mol. The molecule has 0 saturated carbocycles. The molecular weight excluding hydrogens is 307 g/mol. The molecule has 0 spiro atoms. The molecule has 2 heterocycles. The van der Waals surface area contributed by atoms with Gasteiger partial charge in [-0.05, 0) is 29.7 Å². The highest BCUT2D eigenvalue weighted by atomic mass is 19.4. The van der Waals surface area contributed by atoms with Crippen LogP contribution in [-0.2, 0) is 25.7 Å². The van der Waals surface area contributed by atoms with Gasteiger partial charge in [-0.25, -0.2) is 9.97 Å². The summed E-state index contributed by atoms with van der Waals surface area (Å²) in [7, 11) is 1.60. The zero-order chi connectivity index (χ0) is 16.4. The molecule has 3 rings (SSSR count). The minimum atomic E-state index is -4.51. The molecule has 7 heteroatoms. The van der Waals surface area contributed by atoms with Crippen LogP contribution in [0.5, 0.6) is 5.75 Å². The van der Waals surface area contributed by atoms with E-state index in [1.807, 2.05) is 24.3 Å². The van der Waals surface area contributed by atoms with E-state index >= 15 is 0 Å². The van der Waals surface area contributed by atoms with E-state index in [1.54, 1.807) is 7.11 Å². The Kier molecular flexibility index (Phi) is 4.21. The molecule has 0 amide bonds. The van der Waals surface area contributed by atoms with Gasteiger partial charge in [0.15, 0.2) is 0 Å². The predicted molar refractivity (Wildman–Crippen MR) is 77.8 cm³/mol. The summed E-state index contributed by atoms with van der Waals surface area (Å²) >= 11 is 0. The van der Waals surface area contributed by atoms with Crippen LogP contribution < -0.4 is 4.74 Å². The van der Waals surface area contributed by atoms with Crippen molar-refractivity contribution < 1.29 is 17.9 Å². The molecule has 2 aromatic rings. The molecular formula is C16H16F3N3O. The maximum absolute atomic E-state index is 12.7. The number of ether oxygens (including phenoxy) is 1. The summed E-state index contributed by atoms with van der Waals surface area (Å²) in [5.41, 5.74) is 2.30. The standard InChI is InChI=1S/C16H16F3N3O/c1-23-13-4-2-3-11(7-13)9-22-6-5-12-8-20-15(16(17,18)19)21-14(12)10-22/h2-4,7-8H,5-6,9-10H2,1H3. The molecule has 23 heavy (non-hydrogen) atoms. The van der Waals surface area contributed by atoms with Crippen LogP contribution in [0, 0.1) is 0 Å². The molecule has 0 bridgehead atoms. The molecule has 0 fully saturated rings. The number of fused-ring (bicyclic) bond motifs is 1. The summed E-state index contributed by atoms with van der Waals surface area (Å²) in [6.07, 6.45) is -2.56. The Bertz CT molecular complexity index is 703. The zero-order valence-electron chi connectivity index (χ0n) is 12.6. The number of aromatic nitrogens is 2. The molecule has 0 aliphatic carbocycles. The average Bonchev–Trinajstić information content (AvgIpc) is 2.53. The fourth-order valence-electron chi connectivity index (χ4n) is 2.66. The quantitative estimate of drug-likeness (QED) is 0.870. The maximum Gasteiger partial charge on any atom is 0.451 e. The van der Waals surface area contributed by atoms with Gasteiger partial charge in [-0.2, -0.15) is 13.2 Å². The van der Waals surface area contributed by atoms with E-state index in [-0.39, 0.29) is 0 Å². The normalized spacial score (nSPS) is 15.3. The third kappa shape index (κ3) is 3.61. The van der Waals surface area contributed by atoms with Gasteiger partial charge >= 0.3 is 6.18 Å². The summed E-state index contributed by atoms with van der Waals surface area (Å²) in [6, 6.07) is 7.66. The number of nitrogens with zero attached hydrogens (tertiary/aromatic N) is 3. The number of alkyl halides is 3. The van der Waals surface area contributed by atoms with Crippen molar-refractivity contribution in [2.24, 2.45) is 0 Å². The van der Waals surface area contributed by atoms with Crippen molar-refractivity contribution in [3.8, 4) is 5.75 Å². The van der Waals surface area contributed by atoms with Gasteiger partial charge in [-0.1, -0.05) is 12.1 Å². The summed E-state index contributed by atoms with van der Waals surface area (Å²) in [5.74, 6) is -0.305. The number of benzene rings is 1. The van der Waals surface area contributed by atoms with E-state index < -0.39 is 12.0 Å². The van der Waals surface area contributed by atoms with Crippen LogP contribution >= 0.6 is 0 Å².